The first-order valence-electron chi connectivity index (χ1n) is 21.9. The topological polar surface area (TPSA) is 288 Å². The predicted molar refractivity (Wildman–Crippen MR) is 252 cm³/mol. The van der Waals surface area contributed by atoms with Gasteiger partial charge in [-0.3, -0.25) is 9.13 Å². The maximum Gasteiger partial charge on any atom is 0.245 e. The van der Waals surface area contributed by atoms with E-state index in [1.807, 2.05) is 0 Å². The summed E-state index contributed by atoms with van der Waals surface area (Å²) in [7, 11) is 0.414. The van der Waals surface area contributed by atoms with Crippen molar-refractivity contribution in [1.29, 1.82) is 0 Å². The van der Waals surface area contributed by atoms with Crippen molar-refractivity contribution in [3.63, 3.8) is 0 Å². The van der Waals surface area contributed by atoms with Crippen LogP contribution < -0.4 is 18.9 Å². The Hall–Kier alpha value is -5.94. The fourth-order valence-electron chi connectivity index (χ4n) is 7.94. The summed E-state index contributed by atoms with van der Waals surface area (Å²) in [5.41, 5.74) is 0.368. The Balaban J connectivity index is 0.000000211. The van der Waals surface area contributed by atoms with Gasteiger partial charge in [0.05, 0.1) is 60.8 Å². The van der Waals surface area contributed by atoms with Gasteiger partial charge in [-0.05, 0) is 39.5 Å². The van der Waals surface area contributed by atoms with E-state index in [-0.39, 0.29) is 69.8 Å². The minimum atomic E-state index is -3.94. The molecule has 2 fully saturated rings. The van der Waals surface area contributed by atoms with E-state index in [0.717, 1.165) is 0 Å². The summed E-state index contributed by atoms with van der Waals surface area (Å²) < 4.78 is 118. The number of alkyl halides is 2. The molecule has 0 N–H and O–H groups in total. The zero-order valence-electron chi connectivity index (χ0n) is 40.0. The van der Waals surface area contributed by atoms with Crippen LogP contribution in [0.5, 0.6) is 23.5 Å². The van der Waals surface area contributed by atoms with Gasteiger partial charge in [0, 0.05) is 39.0 Å². The summed E-state index contributed by atoms with van der Waals surface area (Å²) in [5.74, 6) is -1.05. The molecule has 72 heavy (non-hydrogen) atoms. The molecule has 2 saturated carbocycles. The van der Waals surface area contributed by atoms with Gasteiger partial charge >= 0.3 is 0 Å². The van der Waals surface area contributed by atoms with Crippen molar-refractivity contribution in [2.24, 2.45) is 0 Å². The fourth-order valence-corrected chi connectivity index (χ4v) is 11.0. The van der Waals surface area contributed by atoms with Gasteiger partial charge in [-0.15, -0.1) is 20.4 Å². The molecule has 0 aliphatic heterocycles. The van der Waals surface area contributed by atoms with Gasteiger partial charge in [-0.25, -0.2) is 45.6 Å². The van der Waals surface area contributed by atoms with Crippen molar-refractivity contribution < 1.29 is 54.0 Å². The van der Waals surface area contributed by atoms with E-state index in [9.17, 15) is 25.6 Å². The number of hydrogen-bond donors (Lipinski definition) is 0. The average Bonchev–Trinajstić information content (AvgIpc) is 3.95. The highest BCUT2D eigenvalue weighted by atomic mass is 35.5. The Labute approximate surface area is 422 Å². The number of nitrogens with zero attached hydrogens (tertiary/aromatic N) is 14. The molecule has 8 atom stereocenters. The highest BCUT2D eigenvalue weighted by Crippen LogP contribution is 2.44. The van der Waals surface area contributed by atoms with E-state index < -0.39 is 78.1 Å². The first-order valence-corrected chi connectivity index (χ1v) is 26.1. The minimum absolute atomic E-state index is 0.0224. The quantitative estimate of drug-likeness (QED) is 0.0987. The molecule has 0 unspecified atom stereocenters. The standard InChI is InChI=1S/2C21H25ClFN7O5S/c2*1-11(17(33-2)18-24-7-12(22)8-25-18)36(31,32)9-15-28-29-19(13-5-6-14(13)23)30(15)16-20(34-3)26-10-27-21(16)35-4/h2*7-8,10-11,13-14,17H,5-6,9H2,1-4H3/t11-,13+,14+,17-;11-,13-,14-,17-/m00/s1. The third kappa shape index (κ3) is 11.0. The maximum atomic E-state index is 14.4. The summed E-state index contributed by atoms with van der Waals surface area (Å²) in [6.45, 7) is 2.97. The molecule has 8 rings (SSSR count). The van der Waals surface area contributed by atoms with Gasteiger partial charge in [0.15, 0.2) is 54.3 Å². The lowest BCUT2D eigenvalue weighted by Crippen LogP contribution is -2.31. The smallest absolute Gasteiger partial charge is 0.245 e. The first-order chi connectivity index (χ1) is 34.4. The molecule has 30 heteroatoms. The number of sulfone groups is 2. The average molecular weight is 1080 g/mol. The van der Waals surface area contributed by atoms with E-state index >= 15 is 0 Å². The largest absolute Gasteiger partial charge is 0.479 e. The van der Waals surface area contributed by atoms with E-state index in [4.69, 9.17) is 51.6 Å². The minimum Gasteiger partial charge on any atom is -0.479 e. The number of hydrogen-bond acceptors (Lipinski definition) is 22. The Bertz CT molecular complexity index is 2810. The van der Waals surface area contributed by atoms with Gasteiger partial charge in [0.1, 0.15) is 60.4 Å². The zero-order chi connectivity index (χ0) is 52.1. The van der Waals surface area contributed by atoms with Crippen LogP contribution in [0.15, 0.2) is 37.4 Å². The van der Waals surface area contributed by atoms with E-state index in [2.05, 4.69) is 60.3 Å². The summed E-state index contributed by atoms with van der Waals surface area (Å²) in [5, 5.41) is 15.0. The van der Waals surface area contributed by atoms with E-state index in [0.29, 0.717) is 35.7 Å². The summed E-state index contributed by atoms with van der Waals surface area (Å²) >= 11 is 11.7. The van der Waals surface area contributed by atoms with Gasteiger partial charge in [0.25, 0.3) is 0 Å². The molecule has 0 spiro atoms. The van der Waals surface area contributed by atoms with Gasteiger partial charge < -0.3 is 28.4 Å². The SMILES string of the molecule is COc1ncnc(OC)c1-n1c(CS(=O)(=O)[C@@H](C)[C@H](OC)c2ncc(Cl)cn2)nnc1[C@@H]1CC[C@H]1F.COc1ncnc(OC)c1-n1c(CS(=O)(=O)[C@@H](C)[C@H](OC)c2ncc(Cl)cn2)nnc1[C@H]1CC[C@@H]1F. The maximum absolute atomic E-state index is 14.4. The van der Waals surface area contributed by atoms with Crippen molar-refractivity contribution in [3.05, 3.63) is 82.4 Å². The van der Waals surface area contributed by atoms with E-state index in [1.54, 1.807) is 0 Å². The van der Waals surface area contributed by atoms with E-state index in [1.165, 1.54) is 103 Å². The van der Waals surface area contributed by atoms with Crippen molar-refractivity contribution in [2.45, 2.75) is 97.9 Å². The predicted octanol–water partition coefficient (Wildman–Crippen LogP) is 4.85. The molecule has 388 valence electrons. The molecule has 0 radical (unpaired) electrons. The monoisotopic (exact) mass is 1080 g/mol. The Morgan fingerprint density at radius 2 is 0.861 bits per heavy atom. The molecule has 6 heterocycles. The van der Waals surface area contributed by atoms with Crippen LogP contribution in [0.4, 0.5) is 8.78 Å². The highest BCUT2D eigenvalue weighted by Gasteiger charge is 2.42. The van der Waals surface area contributed by atoms with Crippen LogP contribution in [-0.4, -0.2) is 152 Å². The normalized spacial score (nSPS) is 19.4. The van der Waals surface area contributed by atoms with Crippen LogP contribution in [0, 0.1) is 0 Å². The second kappa shape index (κ2) is 22.9. The fraction of sp³-hybridized carbons (Fsp3) is 0.524. The third-order valence-corrected chi connectivity index (χ3v) is 16.7. The Morgan fingerprint density at radius 3 is 1.11 bits per heavy atom. The molecule has 2 aliphatic rings. The lowest BCUT2D eigenvalue weighted by molar-refractivity contribution is 0.0947. The number of halogens is 4. The molecular weight excluding hydrogens is 1030 g/mol. The van der Waals surface area contributed by atoms with Crippen LogP contribution in [0.2, 0.25) is 10.0 Å². The van der Waals surface area contributed by atoms with Gasteiger partial charge in [-0.1, -0.05) is 23.2 Å². The number of methoxy groups -OCH3 is 6. The number of rotatable bonds is 20. The first kappa shape index (κ1) is 53.8. The molecule has 0 aromatic carbocycles. The van der Waals surface area contributed by atoms with Crippen LogP contribution >= 0.6 is 23.2 Å². The zero-order valence-corrected chi connectivity index (χ0v) is 43.1. The van der Waals surface area contributed by atoms with Gasteiger partial charge in [-0.2, -0.15) is 19.9 Å². The van der Waals surface area contributed by atoms with Crippen LogP contribution in [0.1, 0.15) is 98.5 Å². The molecule has 6 aromatic rings. The summed E-state index contributed by atoms with van der Waals surface area (Å²) in [4.78, 5) is 32.8. The lowest BCUT2D eigenvalue weighted by atomic mass is 9.82. The molecule has 0 amide bonds. The van der Waals surface area contributed by atoms with Crippen LogP contribution in [0.25, 0.3) is 11.4 Å². The molecule has 24 nitrogen and oxygen atoms in total. The molecule has 6 aromatic heterocycles. The van der Waals surface area contributed by atoms with Crippen LogP contribution in [0.3, 0.4) is 0 Å². The summed E-state index contributed by atoms with van der Waals surface area (Å²) in [6, 6.07) is 0. The van der Waals surface area contributed by atoms with Crippen LogP contribution in [-0.2, 0) is 40.7 Å². The third-order valence-electron chi connectivity index (χ3n) is 12.2. The lowest BCUT2D eigenvalue weighted by Gasteiger charge is -2.30. The molecular formula is C42H50Cl2F2N14O10S2. The second-order valence-electron chi connectivity index (χ2n) is 16.4. The van der Waals surface area contributed by atoms with Gasteiger partial charge in [0.2, 0.25) is 23.5 Å². The second-order valence-corrected chi connectivity index (χ2v) is 21.9. The number of aromatic nitrogens is 14. The van der Waals surface area contributed by atoms with Crippen molar-refractivity contribution in [1.82, 2.24) is 69.4 Å². The summed E-state index contributed by atoms with van der Waals surface area (Å²) in [6.07, 6.45) is 5.48. The van der Waals surface area contributed by atoms with Crippen molar-refractivity contribution in [3.8, 4) is 34.9 Å². The molecule has 0 bridgehead atoms. The molecule has 0 saturated heterocycles. The van der Waals surface area contributed by atoms with Crippen molar-refractivity contribution in [2.75, 3.05) is 42.7 Å². The Kier molecular flexibility index (Phi) is 17.1. The number of ether oxygens (including phenoxy) is 6. The van der Waals surface area contributed by atoms with Crippen molar-refractivity contribution >= 4 is 42.9 Å². The molecule has 2 aliphatic carbocycles. The highest BCUT2D eigenvalue weighted by molar-refractivity contribution is 7.91. The Morgan fingerprint density at radius 1 is 0.542 bits per heavy atom.